The van der Waals surface area contributed by atoms with E-state index in [1.54, 1.807) is 18.4 Å². The number of hydrogen-bond acceptors (Lipinski definition) is 4. The van der Waals surface area contributed by atoms with Crippen molar-refractivity contribution in [1.82, 2.24) is 10.6 Å². The van der Waals surface area contributed by atoms with Gasteiger partial charge in [0, 0.05) is 42.7 Å². The molecule has 1 aromatic heterocycles. The van der Waals surface area contributed by atoms with E-state index in [1.807, 2.05) is 0 Å². The first-order valence-corrected chi connectivity index (χ1v) is 10.3. The minimum absolute atomic E-state index is 0. The molecule has 0 fully saturated rings. The molecule has 0 unspecified atom stereocenters. The maximum atomic E-state index is 5.05. The molecule has 0 spiro atoms. The summed E-state index contributed by atoms with van der Waals surface area (Å²) in [5.74, 6) is 0.851. The lowest BCUT2D eigenvalue weighted by Crippen LogP contribution is -2.43. The number of nitrogens with one attached hydrogen (secondary N) is 3. The monoisotopic (exact) mass is 516 g/mol. The highest BCUT2D eigenvalue weighted by atomic mass is 127. The summed E-state index contributed by atoms with van der Waals surface area (Å²) in [7, 11) is 1.71. The van der Waals surface area contributed by atoms with Gasteiger partial charge in [-0.25, -0.2) is 4.99 Å². The van der Waals surface area contributed by atoms with Crippen LogP contribution in [0.3, 0.4) is 0 Å². The van der Waals surface area contributed by atoms with E-state index in [4.69, 9.17) is 9.73 Å². The van der Waals surface area contributed by atoms with E-state index in [-0.39, 0.29) is 29.4 Å². The average molecular weight is 516 g/mol. The number of nitrogens with zero attached hydrogens (tertiary/aromatic N) is 1. The van der Waals surface area contributed by atoms with Crippen molar-refractivity contribution in [3.8, 4) is 0 Å². The molecule has 0 amide bonds. The largest absolute Gasteiger partial charge is 0.383 e. The van der Waals surface area contributed by atoms with Crippen molar-refractivity contribution in [2.24, 2.45) is 4.99 Å². The fourth-order valence-corrected chi connectivity index (χ4v) is 3.45. The van der Waals surface area contributed by atoms with Crippen LogP contribution in [0.1, 0.15) is 31.2 Å². The van der Waals surface area contributed by atoms with Crippen molar-refractivity contribution in [2.75, 3.05) is 38.7 Å². The highest BCUT2D eigenvalue weighted by Crippen LogP contribution is 2.26. The molecule has 5 nitrogen and oxygen atoms in total. The molecular weight excluding hydrogens is 483 g/mol. The fourth-order valence-electron chi connectivity index (χ4n) is 2.59. The van der Waals surface area contributed by atoms with Crippen LogP contribution in [0.25, 0.3) is 0 Å². The Morgan fingerprint density at radius 2 is 1.89 bits per heavy atom. The maximum Gasteiger partial charge on any atom is 0.191 e. The number of hydrogen-bond donors (Lipinski definition) is 3. The quantitative estimate of drug-likeness (QED) is 0.189. The Balaban J connectivity index is 0.00000392. The van der Waals surface area contributed by atoms with Crippen molar-refractivity contribution in [3.63, 3.8) is 0 Å². The summed E-state index contributed by atoms with van der Waals surface area (Å²) in [5.41, 5.74) is 2.35. The Morgan fingerprint density at radius 1 is 1.14 bits per heavy atom. The van der Waals surface area contributed by atoms with Gasteiger partial charge in [0.15, 0.2) is 5.96 Å². The van der Waals surface area contributed by atoms with E-state index >= 15 is 0 Å². The molecule has 0 bridgehead atoms. The summed E-state index contributed by atoms with van der Waals surface area (Å²) >= 11 is 1.80. The number of thiophene rings is 1. The van der Waals surface area contributed by atoms with Crippen LogP contribution >= 0.6 is 35.3 Å². The van der Waals surface area contributed by atoms with E-state index in [2.05, 4.69) is 78.5 Å². The van der Waals surface area contributed by atoms with E-state index in [9.17, 15) is 0 Å². The van der Waals surface area contributed by atoms with Crippen molar-refractivity contribution < 1.29 is 4.74 Å². The van der Waals surface area contributed by atoms with Crippen LogP contribution in [0, 0.1) is 0 Å². The Kier molecular flexibility index (Phi) is 11.5. The molecule has 1 heterocycles. The Hall–Kier alpha value is -1.32. The summed E-state index contributed by atoms with van der Waals surface area (Å²) in [5, 5.41) is 12.3. The summed E-state index contributed by atoms with van der Waals surface area (Å²) < 4.78 is 5.05. The lowest BCUT2D eigenvalue weighted by molar-refractivity contribution is 0.211. The van der Waals surface area contributed by atoms with E-state index < -0.39 is 0 Å². The molecule has 2 rings (SSSR count). The first-order valence-electron chi connectivity index (χ1n) is 9.43. The number of anilines is 1. The van der Waals surface area contributed by atoms with Crippen molar-refractivity contribution in [2.45, 2.75) is 32.7 Å². The Bertz CT molecular complexity index is 687. The van der Waals surface area contributed by atoms with E-state index in [0.29, 0.717) is 13.2 Å². The van der Waals surface area contributed by atoms with Gasteiger partial charge < -0.3 is 20.7 Å². The molecule has 0 radical (unpaired) electrons. The van der Waals surface area contributed by atoms with Crippen LogP contribution in [0.4, 0.5) is 5.69 Å². The smallest absolute Gasteiger partial charge is 0.191 e. The van der Waals surface area contributed by atoms with Crippen LogP contribution in [0.2, 0.25) is 0 Å². The molecule has 156 valence electrons. The standard InChI is InChI=1S/C21H32N4OS.HI/c1-5-22-20(25-16-21(2,3)19-7-6-14-27-19)24-15-17-8-10-18(11-9-17)23-12-13-26-4;/h6-11,14,23H,5,12-13,15-16H2,1-4H3,(H2,22,24,25);1H. The van der Waals surface area contributed by atoms with Gasteiger partial charge in [-0.2, -0.15) is 0 Å². The van der Waals surface area contributed by atoms with Crippen LogP contribution in [-0.4, -0.2) is 39.3 Å². The lowest BCUT2D eigenvalue weighted by Gasteiger charge is -2.25. The second-order valence-corrected chi connectivity index (χ2v) is 7.97. The second kappa shape index (κ2) is 13.0. The molecule has 1 aromatic carbocycles. The third-order valence-corrected chi connectivity index (χ3v) is 5.48. The number of guanidine groups is 1. The third-order valence-electron chi connectivity index (χ3n) is 4.24. The predicted octanol–water partition coefficient (Wildman–Crippen LogP) is 4.46. The van der Waals surface area contributed by atoms with Gasteiger partial charge in [-0.1, -0.05) is 32.0 Å². The molecule has 0 saturated carbocycles. The zero-order valence-electron chi connectivity index (χ0n) is 17.2. The van der Waals surface area contributed by atoms with Crippen molar-refractivity contribution in [1.29, 1.82) is 0 Å². The minimum atomic E-state index is 0. The molecule has 0 saturated heterocycles. The number of rotatable bonds is 10. The van der Waals surface area contributed by atoms with Gasteiger partial charge in [-0.3, -0.25) is 0 Å². The van der Waals surface area contributed by atoms with Gasteiger partial charge in [0.2, 0.25) is 0 Å². The summed E-state index contributed by atoms with van der Waals surface area (Å²) in [6.07, 6.45) is 0. The first kappa shape index (κ1) is 24.7. The van der Waals surface area contributed by atoms with Crippen LogP contribution < -0.4 is 16.0 Å². The SMILES string of the molecule is CCNC(=NCc1ccc(NCCOC)cc1)NCC(C)(C)c1cccs1.I. The zero-order valence-corrected chi connectivity index (χ0v) is 20.4. The molecule has 2 aromatic rings. The maximum absolute atomic E-state index is 5.05. The van der Waals surface area contributed by atoms with Gasteiger partial charge in [0.1, 0.15) is 0 Å². The van der Waals surface area contributed by atoms with Crippen LogP contribution in [0.5, 0.6) is 0 Å². The minimum Gasteiger partial charge on any atom is -0.383 e. The normalized spacial score (nSPS) is 11.6. The average Bonchev–Trinajstić information content (AvgIpc) is 3.21. The first-order chi connectivity index (χ1) is 13.0. The predicted molar refractivity (Wildman–Crippen MR) is 132 cm³/mol. The van der Waals surface area contributed by atoms with Gasteiger partial charge >= 0.3 is 0 Å². The molecule has 0 aliphatic carbocycles. The molecular formula is C21H33IN4OS. The van der Waals surface area contributed by atoms with Gasteiger partial charge in [-0.15, -0.1) is 35.3 Å². The number of ether oxygens (including phenoxy) is 1. The van der Waals surface area contributed by atoms with E-state index in [0.717, 1.165) is 31.3 Å². The number of benzene rings is 1. The highest BCUT2D eigenvalue weighted by Gasteiger charge is 2.21. The molecule has 3 N–H and O–H groups in total. The van der Waals surface area contributed by atoms with Crippen molar-refractivity contribution in [3.05, 3.63) is 52.2 Å². The molecule has 7 heteroatoms. The van der Waals surface area contributed by atoms with Gasteiger partial charge in [0.25, 0.3) is 0 Å². The molecule has 0 atom stereocenters. The van der Waals surface area contributed by atoms with Crippen molar-refractivity contribution >= 4 is 47.0 Å². The Morgan fingerprint density at radius 3 is 2.50 bits per heavy atom. The topological polar surface area (TPSA) is 57.7 Å². The molecule has 0 aliphatic heterocycles. The van der Waals surface area contributed by atoms with Crippen LogP contribution in [0.15, 0.2) is 46.8 Å². The summed E-state index contributed by atoms with van der Waals surface area (Å²) in [4.78, 5) is 6.11. The van der Waals surface area contributed by atoms with Crippen LogP contribution in [-0.2, 0) is 16.7 Å². The second-order valence-electron chi connectivity index (χ2n) is 7.03. The Labute approximate surface area is 190 Å². The fraction of sp³-hybridized carbons (Fsp3) is 0.476. The summed E-state index contributed by atoms with van der Waals surface area (Å²) in [6, 6.07) is 12.7. The molecule has 28 heavy (non-hydrogen) atoms. The van der Waals surface area contributed by atoms with Gasteiger partial charge in [0.05, 0.1) is 13.2 Å². The third kappa shape index (κ3) is 8.36. The highest BCUT2D eigenvalue weighted by molar-refractivity contribution is 14.0. The summed E-state index contributed by atoms with van der Waals surface area (Å²) in [6.45, 7) is 10.4. The van der Waals surface area contributed by atoms with Gasteiger partial charge in [-0.05, 0) is 36.1 Å². The van der Waals surface area contributed by atoms with E-state index in [1.165, 1.54) is 10.4 Å². The number of aliphatic imine (C=N–C) groups is 1. The number of methoxy groups -OCH3 is 1. The number of halogens is 1. The zero-order chi connectivity index (χ0) is 19.5. The lowest BCUT2D eigenvalue weighted by atomic mass is 9.91. The molecule has 0 aliphatic rings.